The summed E-state index contributed by atoms with van der Waals surface area (Å²) < 4.78 is 5.84. The Kier molecular flexibility index (Phi) is 5.55. The number of carbonyl (C=O) groups is 1. The van der Waals surface area contributed by atoms with Gasteiger partial charge < -0.3 is 20.3 Å². The minimum absolute atomic E-state index is 0.0453. The summed E-state index contributed by atoms with van der Waals surface area (Å²) in [5.74, 6) is 1.48. The molecule has 2 fully saturated rings. The number of urea groups is 1. The minimum Gasteiger partial charge on any atom is -0.457 e. The molecule has 0 radical (unpaired) electrons. The first-order valence-corrected chi connectivity index (χ1v) is 9.61. The van der Waals surface area contributed by atoms with Crippen molar-refractivity contribution in [1.82, 2.24) is 15.1 Å². The maximum Gasteiger partial charge on any atom is 0.321 e. The van der Waals surface area contributed by atoms with Gasteiger partial charge in [0, 0.05) is 50.5 Å². The van der Waals surface area contributed by atoms with E-state index in [-0.39, 0.29) is 6.03 Å². The molecule has 2 aromatic rings. The van der Waals surface area contributed by atoms with Gasteiger partial charge in [-0.15, -0.1) is 0 Å². The van der Waals surface area contributed by atoms with E-state index in [4.69, 9.17) is 4.74 Å². The fraction of sp³-hybridized carbons (Fsp3) is 0.381. The molecule has 2 saturated heterocycles. The lowest BCUT2D eigenvalue weighted by Gasteiger charge is -2.37. The van der Waals surface area contributed by atoms with E-state index in [2.05, 4.69) is 15.5 Å². The molecule has 0 saturated carbocycles. The van der Waals surface area contributed by atoms with Gasteiger partial charge >= 0.3 is 6.03 Å². The molecule has 2 aliphatic rings. The molecule has 2 heterocycles. The summed E-state index contributed by atoms with van der Waals surface area (Å²) in [5.41, 5.74) is 0.746. The van der Waals surface area contributed by atoms with E-state index in [0.717, 1.165) is 50.7 Å². The highest BCUT2D eigenvalue weighted by molar-refractivity contribution is 5.89. The van der Waals surface area contributed by atoms with Crippen molar-refractivity contribution < 1.29 is 9.53 Å². The summed E-state index contributed by atoms with van der Waals surface area (Å²) in [7, 11) is 0. The molecule has 0 unspecified atom stereocenters. The number of ether oxygens (including phenoxy) is 1. The lowest BCUT2D eigenvalue weighted by molar-refractivity contribution is 0.119. The van der Waals surface area contributed by atoms with Gasteiger partial charge in [0.25, 0.3) is 0 Å². The molecule has 1 atom stereocenters. The van der Waals surface area contributed by atoms with Gasteiger partial charge in [0.15, 0.2) is 0 Å². The summed E-state index contributed by atoms with van der Waals surface area (Å²) in [6.45, 7) is 5.59. The summed E-state index contributed by atoms with van der Waals surface area (Å²) in [5, 5.41) is 6.41. The summed E-state index contributed by atoms with van der Waals surface area (Å²) in [6, 6.07) is 17.7. The van der Waals surface area contributed by atoms with Crippen LogP contribution in [0.4, 0.5) is 10.5 Å². The maximum absolute atomic E-state index is 12.6. The van der Waals surface area contributed by atoms with Gasteiger partial charge in [-0.1, -0.05) is 24.3 Å². The predicted molar refractivity (Wildman–Crippen MR) is 106 cm³/mol. The summed E-state index contributed by atoms with van der Waals surface area (Å²) >= 11 is 0. The lowest BCUT2D eigenvalue weighted by Crippen LogP contribution is -2.53. The van der Waals surface area contributed by atoms with E-state index < -0.39 is 0 Å². The number of nitrogens with zero attached hydrogens (tertiary/aromatic N) is 2. The molecule has 4 rings (SSSR count). The number of hydrogen-bond acceptors (Lipinski definition) is 4. The van der Waals surface area contributed by atoms with Crippen molar-refractivity contribution in [1.29, 1.82) is 0 Å². The largest absolute Gasteiger partial charge is 0.457 e. The third kappa shape index (κ3) is 4.59. The van der Waals surface area contributed by atoms with Crippen molar-refractivity contribution >= 4 is 11.7 Å². The predicted octanol–water partition coefficient (Wildman–Crippen LogP) is 2.99. The average Bonchev–Trinajstić information content (AvgIpc) is 3.24. The molecule has 0 aromatic heterocycles. The summed E-state index contributed by atoms with van der Waals surface area (Å²) in [6.07, 6.45) is 1.21. The van der Waals surface area contributed by atoms with Gasteiger partial charge in [0.1, 0.15) is 11.5 Å². The molecule has 2 amide bonds. The molecule has 0 bridgehead atoms. The number of para-hydroxylation sites is 1. The fourth-order valence-corrected chi connectivity index (χ4v) is 3.71. The fourth-order valence-electron chi connectivity index (χ4n) is 3.71. The number of amides is 2. The highest BCUT2D eigenvalue weighted by Crippen LogP contribution is 2.24. The van der Waals surface area contributed by atoms with Crippen LogP contribution in [0.15, 0.2) is 54.6 Å². The molecule has 6 heteroatoms. The Morgan fingerprint density at radius 2 is 1.78 bits per heavy atom. The lowest BCUT2D eigenvalue weighted by atomic mass is 10.2. The summed E-state index contributed by atoms with van der Waals surface area (Å²) in [4.78, 5) is 17.0. The number of anilines is 1. The van der Waals surface area contributed by atoms with Crippen LogP contribution < -0.4 is 15.4 Å². The average molecular weight is 366 g/mol. The van der Waals surface area contributed by atoms with Crippen molar-refractivity contribution in [2.75, 3.05) is 44.6 Å². The maximum atomic E-state index is 12.6. The number of nitrogens with one attached hydrogen (secondary N) is 2. The van der Waals surface area contributed by atoms with Gasteiger partial charge in [-0.2, -0.15) is 0 Å². The van der Waals surface area contributed by atoms with Crippen molar-refractivity contribution in [2.24, 2.45) is 0 Å². The zero-order valence-corrected chi connectivity index (χ0v) is 15.4. The Hall–Kier alpha value is -2.57. The van der Waals surface area contributed by atoms with Gasteiger partial charge in [0.2, 0.25) is 0 Å². The Labute approximate surface area is 160 Å². The molecule has 2 aliphatic heterocycles. The van der Waals surface area contributed by atoms with E-state index >= 15 is 0 Å². The Morgan fingerprint density at radius 3 is 2.52 bits per heavy atom. The standard InChI is InChI=1S/C21H26N4O2/c26-21(25-13-11-24(12-14-25)18-9-10-22-16-18)23-17-5-4-8-20(15-17)27-19-6-2-1-3-7-19/h1-8,15,18,22H,9-14,16H2,(H,23,26)/t18-/m1/s1. The quantitative estimate of drug-likeness (QED) is 0.873. The molecule has 6 nitrogen and oxygen atoms in total. The van der Waals surface area contributed by atoms with Gasteiger partial charge in [0.05, 0.1) is 0 Å². The monoisotopic (exact) mass is 366 g/mol. The first-order valence-electron chi connectivity index (χ1n) is 9.61. The molecule has 27 heavy (non-hydrogen) atoms. The SMILES string of the molecule is O=C(Nc1cccc(Oc2ccccc2)c1)N1CCN([C@@H]2CCNC2)CC1. The van der Waals surface area contributed by atoms with Crippen LogP contribution in [0.3, 0.4) is 0 Å². The van der Waals surface area contributed by atoms with E-state index in [1.165, 1.54) is 6.42 Å². The van der Waals surface area contributed by atoms with Crippen LogP contribution in [0.5, 0.6) is 11.5 Å². The van der Waals surface area contributed by atoms with Crippen LogP contribution in [0.25, 0.3) is 0 Å². The minimum atomic E-state index is -0.0453. The number of benzene rings is 2. The van der Waals surface area contributed by atoms with E-state index in [1.54, 1.807) is 0 Å². The van der Waals surface area contributed by atoms with E-state index in [1.807, 2.05) is 59.5 Å². The van der Waals surface area contributed by atoms with Crippen LogP contribution in [-0.4, -0.2) is 61.1 Å². The number of piperazine rings is 1. The molecule has 0 spiro atoms. The first kappa shape index (κ1) is 17.8. The van der Waals surface area contributed by atoms with Crippen molar-refractivity contribution in [3.63, 3.8) is 0 Å². The second-order valence-corrected chi connectivity index (χ2v) is 7.04. The Morgan fingerprint density at radius 1 is 1.00 bits per heavy atom. The van der Waals surface area contributed by atoms with Gasteiger partial charge in [-0.25, -0.2) is 4.79 Å². The second kappa shape index (κ2) is 8.41. The van der Waals surface area contributed by atoms with Crippen LogP contribution in [0.2, 0.25) is 0 Å². The molecule has 2 N–H and O–H groups in total. The smallest absolute Gasteiger partial charge is 0.321 e. The van der Waals surface area contributed by atoms with Crippen LogP contribution in [0, 0.1) is 0 Å². The number of hydrogen-bond donors (Lipinski definition) is 2. The highest BCUT2D eigenvalue weighted by atomic mass is 16.5. The van der Waals surface area contributed by atoms with Crippen LogP contribution in [-0.2, 0) is 0 Å². The number of carbonyl (C=O) groups excluding carboxylic acids is 1. The van der Waals surface area contributed by atoms with E-state index in [9.17, 15) is 4.79 Å². The first-order chi connectivity index (χ1) is 13.3. The molecule has 0 aliphatic carbocycles. The van der Waals surface area contributed by atoms with Crippen molar-refractivity contribution in [3.8, 4) is 11.5 Å². The van der Waals surface area contributed by atoms with Crippen LogP contribution in [0.1, 0.15) is 6.42 Å². The second-order valence-electron chi connectivity index (χ2n) is 7.04. The van der Waals surface area contributed by atoms with Gasteiger partial charge in [-0.3, -0.25) is 4.90 Å². The zero-order valence-electron chi connectivity index (χ0n) is 15.4. The van der Waals surface area contributed by atoms with Crippen molar-refractivity contribution in [3.05, 3.63) is 54.6 Å². The van der Waals surface area contributed by atoms with Gasteiger partial charge in [-0.05, 0) is 37.2 Å². The van der Waals surface area contributed by atoms with E-state index in [0.29, 0.717) is 11.8 Å². The molecular formula is C21H26N4O2. The number of rotatable bonds is 4. The Balaban J connectivity index is 1.31. The molecule has 2 aromatic carbocycles. The molecular weight excluding hydrogens is 340 g/mol. The van der Waals surface area contributed by atoms with Crippen LogP contribution >= 0.6 is 0 Å². The third-order valence-corrected chi connectivity index (χ3v) is 5.22. The third-order valence-electron chi connectivity index (χ3n) is 5.22. The highest BCUT2D eigenvalue weighted by Gasteiger charge is 2.27. The zero-order chi connectivity index (χ0) is 18.5. The topological polar surface area (TPSA) is 56.8 Å². The molecule has 142 valence electrons. The normalized spacial score (nSPS) is 20.4. The van der Waals surface area contributed by atoms with Crippen molar-refractivity contribution in [2.45, 2.75) is 12.5 Å². The Bertz CT molecular complexity index is 754.